The van der Waals surface area contributed by atoms with Crippen molar-refractivity contribution in [3.63, 3.8) is 0 Å². The van der Waals surface area contributed by atoms with Crippen molar-refractivity contribution in [1.82, 2.24) is 5.32 Å². The van der Waals surface area contributed by atoms with Crippen LogP contribution in [0.2, 0.25) is 0 Å². The summed E-state index contributed by atoms with van der Waals surface area (Å²) in [6.07, 6.45) is -0.874. The Morgan fingerprint density at radius 2 is 2.05 bits per heavy atom. The summed E-state index contributed by atoms with van der Waals surface area (Å²) in [6.45, 7) is 4.02. The molecule has 0 amide bonds. The predicted octanol–water partition coefficient (Wildman–Crippen LogP) is 3.70. The molecular weight excluding hydrogens is 255 g/mol. The molecule has 1 fully saturated rings. The van der Waals surface area contributed by atoms with Gasteiger partial charge < -0.3 is 5.32 Å². The molecular formula is C14H24F3NO. The Balaban J connectivity index is 2.73. The van der Waals surface area contributed by atoms with Crippen LogP contribution < -0.4 is 5.32 Å². The van der Waals surface area contributed by atoms with E-state index in [2.05, 4.69) is 5.32 Å². The summed E-state index contributed by atoms with van der Waals surface area (Å²) in [7, 11) is 0. The number of nitrogens with one attached hydrogen (secondary N) is 1. The summed E-state index contributed by atoms with van der Waals surface area (Å²) in [4.78, 5) is 12.2. The molecule has 0 spiro atoms. The number of Topliss-reactive ketones (excluding diaryl/α,β-unsaturated/α-hetero) is 1. The lowest BCUT2D eigenvalue weighted by Gasteiger charge is -2.30. The van der Waals surface area contributed by atoms with Crippen molar-refractivity contribution in [3.05, 3.63) is 0 Å². The van der Waals surface area contributed by atoms with E-state index in [1.54, 1.807) is 0 Å². The largest absolute Gasteiger partial charge is 0.402 e. The number of halogens is 3. The molecule has 1 aliphatic rings. The van der Waals surface area contributed by atoms with Gasteiger partial charge in [0, 0.05) is 13.0 Å². The van der Waals surface area contributed by atoms with Crippen molar-refractivity contribution >= 4 is 5.78 Å². The van der Waals surface area contributed by atoms with Crippen LogP contribution in [-0.4, -0.2) is 25.0 Å². The van der Waals surface area contributed by atoms with Gasteiger partial charge in [-0.15, -0.1) is 0 Å². The highest BCUT2D eigenvalue weighted by Crippen LogP contribution is 2.45. The third-order valence-corrected chi connectivity index (χ3v) is 4.25. The molecule has 1 aliphatic heterocycles. The van der Waals surface area contributed by atoms with Gasteiger partial charge in [-0.3, -0.25) is 4.79 Å². The van der Waals surface area contributed by atoms with Gasteiger partial charge in [-0.25, -0.2) is 0 Å². The summed E-state index contributed by atoms with van der Waals surface area (Å²) in [5.41, 5.74) is -2.13. The third-order valence-electron chi connectivity index (χ3n) is 4.25. The molecule has 112 valence electrons. The minimum absolute atomic E-state index is 0.0672. The first-order valence-corrected chi connectivity index (χ1v) is 7.18. The summed E-state index contributed by atoms with van der Waals surface area (Å²) < 4.78 is 39.6. The molecule has 0 radical (unpaired) electrons. The van der Waals surface area contributed by atoms with Crippen molar-refractivity contribution in [2.75, 3.05) is 13.1 Å². The molecule has 19 heavy (non-hydrogen) atoms. The standard InChI is InChI=1S/C14H24F3NO/c1-3-5-6-11(4-2)9-12(19)13(14(15,16)17)7-8-18-10-13/h11,18H,3-10H2,1-2H3. The molecule has 1 heterocycles. The predicted molar refractivity (Wildman–Crippen MR) is 68.9 cm³/mol. The lowest BCUT2D eigenvalue weighted by atomic mass is 9.77. The van der Waals surface area contributed by atoms with Crippen LogP contribution >= 0.6 is 0 Å². The molecule has 0 aliphatic carbocycles. The Morgan fingerprint density at radius 3 is 2.47 bits per heavy atom. The number of unbranched alkanes of at least 4 members (excludes halogenated alkanes) is 1. The van der Waals surface area contributed by atoms with E-state index in [9.17, 15) is 18.0 Å². The van der Waals surface area contributed by atoms with Crippen LogP contribution in [0.15, 0.2) is 0 Å². The molecule has 1 N–H and O–H groups in total. The van der Waals surface area contributed by atoms with E-state index >= 15 is 0 Å². The van der Waals surface area contributed by atoms with E-state index in [0.29, 0.717) is 0 Å². The number of hydrogen-bond donors (Lipinski definition) is 1. The van der Waals surface area contributed by atoms with Crippen molar-refractivity contribution < 1.29 is 18.0 Å². The monoisotopic (exact) mass is 279 g/mol. The Bertz CT molecular complexity index is 296. The Kier molecular flexibility index (Phi) is 5.83. The molecule has 0 saturated carbocycles. The van der Waals surface area contributed by atoms with E-state index in [-0.39, 0.29) is 31.8 Å². The highest BCUT2D eigenvalue weighted by atomic mass is 19.4. The molecule has 0 aromatic rings. The van der Waals surface area contributed by atoms with Crippen molar-refractivity contribution in [2.45, 2.75) is 58.5 Å². The van der Waals surface area contributed by atoms with E-state index in [1.807, 2.05) is 13.8 Å². The highest BCUT2D eigenvalue weighted by molar-refractivity contribution is 5.86. The van der Waals surface area contributed by atoms with Gasteiger partial charge in [0.1, 0.15) is 11.2 Å². The smallest absolute Gasteiger partial charge is 0.315 e. The van der Waals surface area contributed by atoms with Crippen LogP contribution in [0.5, 0.6) is 0 Å². The summed E-state index contributed by atoms with van der Waals surface area (Å²) in [5, 5.41) is 2.69. The molecule has 1 saturated heterocycles. The fraction of sp³-hybridized carbons (Fsp3) is 0.929. The zero-order valence-electron chi connectivity index (χ0n) is 11.8. The average Bonchev–Trinajstić information content (AvgIpc) is 2.84. The van der Waals surface area contributed by atoms with Crippen molar-refractivity contribution in [2.24, 2.45) is 11.3 Å². The lowest BCUT2D eigenvalue weighted by Crippen LogP contribution is -2.47. The van der Waals surface area contributed by atoms with E-state index in [1.165, 1.54) is 0 Å². The Morgan fingerprint density at radius 1 is 1.37 bits per heavy atom. The summed E-state index contributed by atoms with van der Waals surface area (Å²) in [6, 6.07) is 0. The van der Waals surface area contributed by atoms with E-state index in [0.717, 1.165) is 25.7 Å². The Hall–Kier alpha value is -0.580. The van der Waals surface area contributed by atoms with Crippen LogP contribution in [0.25, 0.3) is 0 Å². The van der Waals surface area contributed by atoms with Gasteiger partial charge in [-0.2, -0.15) is 13.2 Å². The second kappa shape index (κ2) is 6.73. The highest BCUT2D eigenvalue weighted by Gasteiger charge is 2.60. The normalized spacial score (nSPS) is 25.5. The zero-order chi connectivity index (χ0) is 14.5. The molecule has 0 aromatic carbocycles. The zero-order valence-corrected chi connectivity index (χ0v) is 11.8. The maximum Gasteiger partial charge on any atom is 0.402 e. The first kappa shape index (κ1) is 16.5. The van der Waals surface area contributed by atoms with Crippen LogP contribution in [0.4, 0.5) is 13.2 Å². The summed E-state index contributed by atoms with van der Waals surface area (Å²) in [5.74, 6) is -0.528. The van der Waals surface area contributed by atoms with Crippen LogP contribution in [0, 0.1) is 11.3 Å². The molecule has 2 unspecified atom stereocenters. The average molecular weight is 279 g/mol. The molecule has 2 nitrogen and oxygen atoms in total. The number of rotatable bonds is 7. The van der Waals surface area contributed by atoms with Gasteiger partial charge in [-0.1, -0.05) is 39.5 Å². The second-order valence-corrected chi connectivity index (χ2v) is 5.55. The topological polar surface area (TPSA) is 29.1 Å². The first-order chi connectivity index (χ1) is 8.87. The number of carbonyl (C=O) groups is 1. The van der Waals surface area contributed by atoms with E-state index in [4.69, 9.17) is 0 Å². The number of alkyl halides is 3. The van der Waals surface area contributed by atoms with Gasteiger partial charge in [0.2, 0.25) is 0 Å². The maximum atomic E-state index is 13.2. The Labute approximate surface area is 113 Å². The first-order valence-electron chi connectivity index (χ1n) is 7.18. The van der Waals surface area contributed by atoms with Crippen molar-refractivity contribution in [1.29, 1.82) is 0 Å². The minimum atomic E-state index is -4.43. The fourth-order valence-corrected chi connectivity index (χ4v) is 2.73. The van der Waals surface area contributed by atoms with Crippen LogP contribution in [0.3, 0.4) is 0 Å². The second-order valence-electron chi connectivity index (χ2n) is 5.55. The van der Waals surface area contributed by atoms with Gasteiger partial charge in [0.15, 0.2) is 0 Å². The maximum absolute atomic E-state index is 13.2. The number of hydrogen-bond acceptors (Lipinski definition) is 2. The number of ketones is 1. The lowest BCUT2D eigenvalue weighted by molar-refractivity contribution is -0.215. The number of carbonyl (C=O) groups excluding carboxylic acids is 1. The van der Waals surface area contributed by atoms with Crippen LogP contribution in [0.1, 0.15) is 52.4 Å². The summed E-state index contributed by atoms with van der Waals surface area (Å²) >= 11 is 0. The quantitative estimate of drug-likeness (QED) is 0.770. The van der Waals surface area contributed by atoms with Crippen LogP contribution in [-0.2, 0) is 4.79 Å². The van der Waals surface area contributed by atoms with Gasteiger partial charge in [0.05, 0.1) is 0 Å². The molecule has 2 atom stereocenters. The van der Waals surface area contributed by atoms with Gasteiger partial charge in [0.25, 0.3) is 0 Å². The van der Waals surface area contributed by atoms with Gasteiger partial charge >= 0.3 is 6.18 Å². The van der Waals surface area contributed by atoms with Gasteiger partial charge in [-0.05, 0) is 18.9 Å². The van der Waals surface area contributed by atoms with Crippen molar-refractivity contribution in [3.8, 4) is 0 Å². The minimum Gasteiger partial charge on any atom is -0.315 e. The molecule has 0 bridgehead atoms. The molecule has 1 rings (SSSR count). The molecule has 0 aromatic heterocycles. The SMILES string of the molecule is CCCCC(CC)CC(=O)C1(C(F)(F)F)CCNC1. The third kappa shape index (κ3) is 3.71. The molecule has 5 heteroatoms. The van der Waals surface area contributed by atoms with E-state index < -0.39 is 17.4 Å². The fourth-order valence-electron chi connectivity index (χ4n) is 2.73.